The molecule has 0 nitrogen and oxygen atoms in total. The molecular weight excluding hydrogens is 463 g/mol. The van der Waals surface area contributed by atoms with Crippen molar-refractivity contribution in [2.45, 2.75) is 8.16 Å². The van der Waals surface area contributed by atoms with E-state index in [1.54, 1.807) is 0 Å². The molecule has 0 unspecified atom stereocenters. The average Bonchev–Trinajstić information content (AvgIpc) is 2.03. The molecule has 0 saturated carbocycles. The fourth-order valence-electron chi connectivity index (χ4n) is 0.903. The maximum atomic E-state index is 3.50. The lowest BCUT2D eigenvalue weighted by Gasteiger charge is -2.08. The average molecular weight is 469 g/mol. The van der Waals surface area contributed by atoms with Crippen molar-refractivity contribution in [3.8, 4) is 0 Å². The number of alkyl halides is 3. The summed E-state index contributed by atoms with van der Waals surface area (Å²) in [7, 11) is 0. The zero-order valence-corrected chi connectivity index (χ0v) is 12.9. The molecular formula is C8H6Br3I. The van der Waals surface area contributed by atoms with Crippen LogP contribution < -0.4 is 0 Å². The van der Waals surface area contributed by atoms with Gasteiger partial charge in [-0.05, 0) is 23.3 Å². The van der Waals surface area contributed by atoms with Crippen molar-refractivity contribution in [1.29, 1.82) is 0 Å². The van der Waals surface area contributed by atoms with Gasteiger partial charge in [-0.25, -0.2) is 0 Å². The molecule has 0 spiro atoms. The fourth-order valence-corrected chi connectivity index (χ4v) is 2.87. The molecule has 0 atom stereocenters. The first-order valence-electron chi connectivity index (χ1n) is 3.27. The second-order valence-corrected chi connectivity index (χ2v) is 7.02. The Bertz CT molecular complexity index is 273. The quantitative estimate of drug-likeness (QED) is 0.415. The molecule has 0 saturated heterocycles. The van der Waals surface area contributed by atoms with E-state index in [1.165, 1.54) is 11.1 Å². The van der Waals surface area contributed by atoms with Gasteiger partial charge in [0, 0.05) is 8.90 Å². The largest absolute Gasteiger partial charge is 0.0949 e. The summed E-state index contributed by atoms with van der Waals surface area (Å²) in [5.74, 6) is 0. The van der Waals surface area contributed by atoms with Gasteiger partial charge in [-0.15, -0.1) is 0 Å². The fraction of sp³-hybridized carbons (Fsp3) is 0.250. The van der Waals surface area contributed by atoms with Crippen molar-refractivity contribution < 1.29 is 0 Å². The van der Waals surface area contributed by atoms with Crippen LogP contribution in [0.3, 0.4) is 0 Å². The first-order chi connectivity index (χ1) is 5.65. The van der Waals surface area contributed by atoms with Gasteiger partial charge in [0.2, 0.25) is 0 Å². The zero-order valence-electron chi connectivity index (χ0n) is 6.03. The van der Waals surface area contributed by atoms with Crippen molar-refractivity contribution in [2.24, 2.45) is 0 Å². The van der Waals surface area contributed by atoms with Crippen LogP contribution >= 0.6 is 70.4 Å². The number of rotatable bonds is 2. The predicted octanol–water partition coefficient (Wildman–Crippen LogP) is 5.17. The summed E-state index contributed by atoms with van der Waals surface area (Å²) < 4.78 is 2.42. The van der Waals surface area contributed by atoms with Crippen LogP contribution in [0, 0.1) is 0 Å². The third kappa shape index (κ3) is 2.96. The molecule has 1 aromatic rings. The lowest BCUT2D eigenvalue weighted by atomic mass is 10.1. The highest BCUT2D eigenvalue weighted by molar-refractivity contribution is 14.1. The maximum Gasteiger partial charge on any atom is 0.0949 e. The minimum atomic E-state index is 0.253. The summed E-state index contributed by atoms with van der Waals surface area (Å²) >= 11 is 12.8. The van der Waals surface area contributed by atoms with E-state index in [0.717, 1.165) is 8.90 Å². The SMILES string of the molecule is Brc1ccc(C(Br)Br)c(CI)c1. The van der Waals surface area contributed by atoms with E-state index in [0.29, 0.717) is 0 Å². The van der Waals surface area contributed by atoms with Gasteiger partial charge in [0.1, 0.15) is 0 Å². The molecule has 66 valence electrons. The minimum Gasteiger partial charge on any atom is -0.0812 e. The van der Waals surface area contributed by atoms with Gasteiger partial charge in [0.05, 0.1) is 3.74 Å². The van der Waals surface area contributed by atoms with E-state index in [4.69, 9.17) is 0 Å². The number of benzene rings is 1. The van der Waals surface area contributed by atoms with Crippen LogP contribution in [-0.4, -0.2) is 0 Å². The number of hydrogen-bond acceptors (Lipinski definition) is 0. The molecule has 0 aromatic heterocycles. The van der Waals surface area contributed by atoms with Crippen molar-refractivity contribution >= 4 is 70.4 Å². The van der Waals surface area contributed by atoms with Gasteiger partial charge in [-0.1, -0.05) is 76.4 Å². The monoisotopic (exact) mass is 466 g/mol. The van der Waals surface area contributed by atoms with Crippen LogP contribution in [0.15, 0.2) is 22.7 Å². The Morgan fingerprint density at radius 3 is 2.50 bits per heavy atom. The Balaban J connectivity index is 3.11. The van der Waals surface area contributed by atoms with Crippen LogP contribution in [0.5, 0.6) is 0 Å². The molecule has 12 heavy (non-hydrogen) atoms. The zero-order chi connectivity index (χ0) is 9.14. The first kappa shape index (κ1) is 11.5. The first-order valence-corrected chi connectivity index (χ1v) is 7.42. The normalized spacial score (nSPS) is 10.8. The van der Waals surface area contributed by atoms with Crippen molar-refractivity contribution in [1.82, 2.24) is 0 Å². The van der Waals surface area contributed by atoms with E-state index in [-0.39, 0.29) is 3.74 Å². The van der Waals surface area contributed by atoms with E-state index in [9.17, 15) is 0 Å². The molecule has 0 radical (unpaired) electrons. The molecule has 1 rings (SSSR count). The molecule has 0 aliphatic rings. The van der Waals surface area contributed by atoms with Gasteiger partial charge < -0.3 is 0 Å². The number of hydrogen-bond donors (Lipinski definition) is 0. The third-order valence-corrected chi connectivity index (χ3v) is 3.79. The summed E-state index contributed by atoms with van der Waals surface area (Å²) in [6.45, 7) is 0. The summed E-state index contributed by atoms with van der Waals surface area (Å²) in [5, 5.41) is 0. The highest BCUT2D eigenvalue weighted by atomic mass is 127. The van der Waals surface area contributed by atoms with Gasteiger partial charge in [0.15, 0.2) is 0 Å². The van der Waals surface area contributed by atoms with Crippen LogP contribution in [0.2, 0.25) is 0 Å². The molecule has 0 amide bonds. The minimum absolute atomic E-state index is 0.253. The molecule has 4 heteroatoms. The third-order valence-electron chi connectivity index (χ3n) is 1.48. The highest BCUT2D eigenvalue weighted by Gasteiger charge is 2.07. The molecule has 1 aromatic carbocycles. The number of halogens is 4. The Morgan fingerprint density at radius 1 is 1.33 bits per heavy atom. The Hall–Kier alpha value is 1.39. The van der Waals surface area contributed by atoms with Gasteiger partial charge in [-0.3, -0.25) is 0 Å². The maximum absolute atomic E-state index is 3.50. The van der Waals surface area contributed by atoms with Crippen molar-refractivity contribution in [3.05, 3.63) is 33.8 Å². The Kier molecular flexibility index (Phi) is 5.08. The van der Waals surface area contributed by atoms with Crippen LogP contribution in [0.4, 0.5) is 0 Å². The second kappa shape index (κ2) is 5.32. The van der Waals surface area contributed by atoms with Gasteiger partial charge in [0.25, 0.3) is 0 Å². The Labute approximate surface area is 111 Å². The lowest BCUT2D eigenvalue weighted by Crippen LogP contribution is -1.88. The van der Waals surface area contributed by atoms with Gasteiger partial charge in [-0.2, -0.15) is 0 Å². The lowest BCUT2D eigenvalue weighted by molar-refractivity contribution is 1.29. The van der Waals surface area contributed by atoms with Crippen molar-refractivity contribution in [2.75, 3.05) is 0 Å². The molecule has 0 heterocycles. The molecule has 0 fully saturated rings. The Morgan fingerprint density at radius 2 is 2.00 bits per heavy atom. The van der Waals surface area contributed by atoms with Crippen molar-refractivity contribution in [3.63, 3.8) is 0 Å². The smallest absolute Gasteiger partial charge is 0.0812 e. The summed E-state index contributed by atoms with van der Waals surface area (Å²) in [6.07, 6.45) is 0. The van der Waals surface area contributed by atoms with Crippen LogP contribution in [0.25, 0.3) is 0 Å². The predicted molar refractivity (Wildman–Crippen MR) is 72.5 cm³/mol. The van der Waals surface area contributed by atoms with E-state index in [2.05, 4.69) is 88.6 Å². The molecule has 0 bridgehead atoms. The second-order valence-electron chi connectivity index (χ2n) is 2.28. The van der Waals surface area contributed by atoms with Gasteiger partial charge >= 0.3 is 0 Å². The van der Waals surface area contributed by atoms with E-state index >= 15 is 0 Å². The summed E-state index contributed by atoms with van der Waals surface area (Å²) in [5.41, 5.74) is 2.65. The van der Waals surface area contributed by atoms with E-state index < -0.39 is 0 Å². The molecule has 0 aliphatic carbocycles. The van der Waals surface area contributed by atoms with E-state index in [1.807, 2.05) is 0 Å². The molecule has 0 aliphatic heterocycles. The molecule has 0 N–H and O–H groups in total. The van der Waals surface area contributed by atoms with Crippen LogP contribution in [-0.2, 0) is 4.43 Å². The topological polar surface area (TPSA) is 0 Å². The standard InChI is InChI=1S/C8H6Br3I/c9-6-1-2-7(8(10)11)5(3-6)4-12/h1-3,8H,4H2. The van der Waals surface area contributed by atoms with Crippen LogP contribution in [0.1, 0.15) is 14.9 Å². The summed E-state index contributed by atoms with van der Waals surface area (Å²) in [6, 6.07) is 6.32. The highest BCUT2D eigenvalue weighted by Crippen LogP contribution is 2.33. The summed E-state index contributed by atoms with van der Waals surface area (Å²) in [4.78, 5) is 0.